The zero-order chi connectivity index (χ0) is 11.7. The van der Waals surface area contributed by atoms with Gasteiger partial charge in [-0.3, -0.25) is 4.79 Å². The van der Waals surface area contributed by atoms with E-state index in [9.17, 15) is 4.79 Å². The average Bonchev–Trinajstić information content (AvgIpc) is 2.95. The molecule has 0 amide bonds. The number of fused-ring (bicyclic) bond motifs is 1. The summed E-state index contributed by atoms with van der Waals surface area (Å²) in [5.41, 5.74) is 2.21. The molecule has 1 aromatic heterocycles. The van der Waals surface area contributed by atoms with Gasteiger partial charge in [0.1, 0.15) is 0 Å². The van der Waals surface area contributed by atoms with Gasteiger partial charge in [0.15, 0.2) is 5.78 Å². The van der Waals surface area contributed by atoms with Crippen LogP contribution in [0.4, 0.5) is 0 Å². The number of nitrogens with zero attached hydrogens (tertiary/aromatic N) is 1. The molecule has 0 spiro atoms. The highest BCUT2D eigenvalue weighted by atomic mass is 16.5. The van der Waals surface area contributed by atoms with E-state index in [1.54, 1.807) is 0 Å². The van der Waals surface area contributed by atoms with Gasteiger partial charge >= 0.3 is 0 Å². The summed E-state index contributed by atoms with van der Waals surface area (Å²) < 4.78 is 7.79. The Morgan fingerprint density at radius 1 is 1.29 bits per heavy atom. The molecule has 0 N–H and O–H groups in total. The lowest BCUT2D eigenvalue weighted by Crippen LogP contribution is -2.09. The minimum Gasteiger partial charge on any atom is -0.378 e. The molecule has 1 aliphatic heterocycles. The van der Waals surface area contributed by atoms with E-state index in [4.69, 9.17) is 4.74 Å². The molecule has 0 radical (unpaired) electrons. The molecule has 3 rings (SSSR count). The van der Waals surface area contributed by atoms with Gasteiger partial charge < -0.3 is 9.30 Å². The van der Waals surface area contributed by atoms with Gasteiger partial charge in [-0.2, -0.15) is 0 Å². The summed E-state index contributed by atoms with van der Waals surface area (Å²) >= 11 is 0. The minimum atomic E-state index is 0.321. The van der Waals surface area contributed by atoms with E-state index < -0.39 is 0 Å². The van der Waals surface area contributed by atoms with Gasteiger partial charge in [0.2, 0.25) is 0 Å². The van der Waals surface area contributed by atoms with Crippen molar-refractivity contribution in [3.63, 3.8) is 0 Å². The Bertz CT molecular complexity index is 416. The third-order valence-corrected chi connectivity index (χ3v) is 3.85. The molecular formula is C14H19NO2. The summed E-state index contributed by atoms with van der Waals surface area (Å²) in [6.07, 6.45) is 10.9. The molecule has 92 valence electrons. The van der Waals surface area contributed by atoms with Crippen molar-refractivity contribution in [3.05, 3.63) is 23.5 Å². The first-order valence-electron chi connectivity index (χ1n) is 6.66. The maximum absolute atomic E-state index is 11.7. The van der Waals surface area contributed by atoms with Gasteiger partial charge in [-0.25, -0.2) is 0 Å². The lowest BCUT2D eigenvalue weighted by Gasteiger charge is -2.09. The summed E-state index contributed by atoms with van der Waals surface area (Å²) in [6, 6.07) is 0. The highest BCUT2D eigenvalue weighted by Gasteiger charge is 2.20. The number of carbonyl (C=O) groups is 1. The largest absolute Gasteiger partial charge is 0.378 e. The van der Waals surface area contributed by atoms with Crippen LogP contribution >= 0.6 is 0 Å². The third kappa shape index (κ3) is 2.29. The summed E-state index contributed by atoms with van der Waals surface area (Å²) in [7, 11) is 0. The first-order chi connectivity index (χ1) is 8.33. The van der Waals surface area contributed by atoms with Crippen LogP contribution in [0, 0.1) is 0 Å². The van der Waals surface area contributed by atoms with Crippen LogP contribution < -0.4 is 0 Å². The normalized spacial score (nSPS) is 24.0. The SMILES string of the molecule is O=C1CCCc2cn(CCC3CCCO3)cc21. The number of ether oxygens (including phenoxy) is 1. The fourth-order valence-corrected chi connectivity index (χ4v) is 2.87. The van der Waals surface area contributed by atoms with Crippen LogP contribution in [0.15, 0.2) is 12.4 Å². The molecule has 17 heavy (non-hydrogen) atoms. The predicted molar refractivity (Wildman–Crippen MR) is 65.3 cm³/mol. The van der Waals surface area contributed by atoms with E-state index >= 15 is 0 Å². The molecule has 1 aromatic rings. The number of Topliss-reactive ketones (excluding diaryl/α,β-unsaturated/α-hetero) is 1. The van der Waals surface area contributed by atoms with Crippen molar-refractivity contribution in [3.8, 4) is 0 Å². The Balaban J connectivity index is 1.65. The van der Waals surface area contributed by atoms with Crippen molar-refractivity contribution in [1.29, 1.82) is 0 Å². The van der Waals surface area contributed by atoms with Crippen LogP contribution in [0.25, 0.3) is 0 Å². The zero-order valence-electron chi connectivity index (χ0n) is 10.2. The Kier molecular flexibility index (Phi) is 3.02. The van der Waals surface area contributed by atoms with Crippen LogP contribution in [0.5, 0.6) is 0 Å². The summed E-state index contributed by atoms with van der Waals surface area (Å²) in [5, 5.41) is 0. The number of aromatic nitrogens is 1. The topological polar surface area (TPSA) is 31.2 Å². The molecule has 3 nitrogen and oxygen atoms in total. The van der Waals surface area contributed by atoms with Crippen LogP contribution in [0.3, 0.4) is 0 Å². The van der Waals surface area contributed by atoms with Crippen molar-refractivity contribution in [2.24, 2.45) is 0 Å². The molecule has 3 heteroatoms. The molecule has 1 aliphatic carbocycles. The standard InChI is InChI=1S/C14H19NO2/c16-14-5-1-3-11-9-15(10-13(11)14)7-6-12-4-2-8-17-12/h9-10,12H,1-8H2. The monoisotopic (exact) mass is 233 g/mol. The Morgan fingerprint density at radius 3 is 3.00 bits per heavy atom. The van der Waals surface area contributed by atoms with Crippen molar-refractivity contribution < 1.29 is 9.53 Å². The molecule has 2 heterocycles. The fourth-order valence-electron chi connectivity index (χ4n) is 2.87. The quantitative estimate of drug-likeness (QED) is 0.803. The molecule has 1 fully saturated rings. The first-order valence-corrected chi connectivity index (χ1v) is 6.66. The molecular weight excluding hydrogens is 214 g/mol. The van der Waals surface area contributed by atoms with Gasteiger partial charge in [0.25, 0.3) is 0 Å². The molecule has 0 saturated carbocycles. The van der Waals surface area contributed by atoms with Crippen LogP contribution in [0.2, 0.25) is 0 Å². The number of carbonyl (C=O) groups excluding carboxylic acids is 1. The summed E-state index contributed by atoms with van der Waals surface area (Å²) in [5.74, 6) is 0.321. The smallest absolute Gasteiger partial charge is 0.164 e. The Hall–Kier alpha value is -1.09. The molecule has 1 unspecified atom stereocenters. The number of hydrogen-bond donors (Lipinski definition) is 0. The molecule has 1 atom stereocenters. The fraction of sp³-hybridized carbons (Fsp3) is 0.643. The second-order valence-electron chi connectivity index (χ2n) is 5.14. The van der Waals surface area contributed by atoms with Crippen LogP contribution in [-0.2, 0) is 17.7 Å². The Morgan fingerprint density at radius 2 is 2.24 bits per heavy atom. The second-order valence-corrected chi connectivity index (χ2v) is 5.14. The van der Waals surface area contributed by atoms with Gasteiger partial charge in [0.05, 0.1) is 6.10 Å². The predicted octanol–water partition coefficient (Wildman–Crippen LogP) is 2.58. The summed E-state index contributed by atoms with van der Waals surface area (Å²) in [6.45, 7) is 1.90. The third-order valence-electron chi connectivity index (χ3n) is 3.85. The van der Waals surface area contributed by atoms with Crippen molar-refractivity contribution in [1.82, 2.24) is 4.57 Å². The van der Waals surface area contributed by atoms with Crippen LogP contribution in [-0.4, -0.2) is 23.1 Å². The number of hydrogen-bond acceptors (Lipinski definition) is 2. The lowest BCUT2D eigenvalue weighted by molar-refractivity contribution is 0.0972. The maximum atomic E-state index is 11.7. The zero-order valence-corrected chi connectivity index (χ0v) is 10.2. The van der Waals surface area contributed by atoms with Gasteiger partial charge in [-0.15, -0.1) is 0 Å². The van der Waals surface area contributed by atoms with E-state index in [0.29, 0.717) is 11.9 Å². The van der Waals surface area contributed by atoms with E-state index in [1.165, 1.54) is 18.4 Å². The first kappa shape index (κ1) is 11.0. The van der Waals surface area contributed by atoms with E-state index in [2.05, 4.69) is 10.8 Å². The lowest BCUT2D eigenvalue weighted by atomic mass is 9.95. The van der Waals surface area contributed by atoms with Crippen LogP contribution in [0.1, 0.15) is 48.0 Å². The highest BCUT2D eigenvalue weighted by molar-refractivity contribution is 5.98. The van der Waals surface area contributed by atoms with Gasteiger partial charge in [0, 0.05) is 37.5 Å². The summed E-state index contributed by atoms with van der Waals surface area (Å²) in [4.78, 5) is 11.7. The molecule has 0 bridgehead atoms. The molecule has 0 aromatic carbocycles. The number of rotatable bonds is 3. The van der Waals surface area contributed by atoms with E-state index in [0.717, 1.165) is 44.4 Å². The minimum absolute atomic E-state index is 0.321. The number of ketones is 1. The average molecular weight is 233 g/mol. The van der Waals surface area contributed by atoms with E-state index in [-0.39, 0.29) is 0 Å². The maximum Gasteiger partial charge on any atom is 0.164 e. The van der Waals surface area contributed by atoms with Gasteiger partial charge in [-0.05, 0) is 37.7 Å². The van der Waals surface area contributed by atoms with Crippen molar-refractivity contribution in [2.45, 2.75) is 51.2 Å². The van der Waals surface area contributed by atoms with Crippen molar-refractivity contribution >= 4 is 5.78 Å². The van der Waals surface area contributed by atoms with Crippen molar-refractivity contribution in [2.75, 3.05) is 6.61 Å². The Labute approximate surface area is 102 Å². The number of aryl methyl sites for hydroxylation is 2. The second kappa shape index (κ2) is 4.65. The van der Waals surface area contributed by atoms with Gasteiger partial charge in [-0.1, -0.05) is 0 Å². The highest BCUT2D eigenvalue weighted by Crippen LogP contribution is 2.23. The van der Waals surface area contributed by atoms with E-state index in [1.807, 2.05) is 6.20 Å². The molecule has 2 aliphatic rings. The molecule has 1 saturated heterocycles.